The van der Waals surface area contributed by atoms with Crippen molar-refractivity contribution in [2.75, 3.05) is 7.11 Å². The van der Waals surface area contributed by atoms with Crippen LogP contribution >= 0.6 is 0 Å². The van der Waals surface area contributed by atoms with Gasteiger partial charge in [0.1, 0.15) is 5.92 Å². The summed E-state index contributed by atoms with van der Waals surface area (Å²) in [5.41, 5.74) is 9.23. The summed E-state index contributed by atoms with van der Waals surface area (Å²) in [6.07, 6.45) is 0. The number of primary amides is 1. The number of ether oxygens (including phenoxy) is 1. The first-order valence-corrected chi connectivity index (χ1v) is 9.52. The fraction of sp³-hybridized carbons (Fsp3) is 0.0800. The molecule has 5 heteroatoms. The summed E-state index contributed by atoms with van der Waals surface area (Å²) in [5.74, 6) is -1.96. The van der Waals surface area contributed by atoms with Gasteiger partial charge in [0.25, 0.3) is 0 Å². The highest BCUT2D eigenvalue weighted by Crippen LogP contribution is 2.38. The number of benzene rings is 3. The van der Waals surface area contributed by atoms with Gasteiger partial charge in [0.15, 0.2) is 0 Å². The first-order chi connectivity index (χ1) is 14.6. The number of carbonyl (C=O) groups excluding carboxylic acids is 2. The second-order valence-electron chi connectivity index (χ2n) is 6.86. The van der Waals surface area contributed by atoms with E-state index in [1.807, 2.05) is 78.9 Å². The van der Waals surface area contributed by atoms with Crippen molar-refractivity contribution in [2.45, 2.75) is 5.92 Å². The third-order valence-corrected chi connectivity index (χ3v) is 5.08. The Kier molecular flexibility index (Phi) is 5.26. The maximum Gasteiger partial charge on any atom is 0.317 e. The number of esters is 1. The van der Waals surface area contributed by atoms with Gasteiger partial charge in [-0.05, 0) is 11.6 Å². The lowest BCUT2D eigenvalue weighted by Crippen LogP contribution is -2.23. The molecule has 5 nitrogen and oxygen atoms in total. The molecule has 1 amide bonds. The Balaban J connectivity index is 2.16. The minimum Gasteiger partial charge on any atom is -0.468 e. The van der Waals surface area contributed by atoms with E-state index >= 15 is 0 Å². The molecule has 0 fully saturated rings. The molecule has 0 bridgehead atoms. The molecule has 0 saturated heterocycles. The number of amides is 1. The molecule has 4 aromatic rings. The average molecular weight is 396 g/mol. The summed E-state index contributed by atoms with van der Waals surface area (Å²) in [7, 11) is 1.33. The second kappa shape index (κ2) is 8.17. The largest absolute Gasteiger partial charge is 0.468 e. The van der Waals surface area contributed by atoms with Gasteiger partial charge in [-0.2, -0.15) is 0 Å². The summed E-state index contributed by atoms with van der Waals surface area (Å²) in [5, 5.41) is 0.601. The van der Waals surface area contributed by atoms with E-state index in [9.17, 15) is 9.59 Å². The van der Waals surface area contributed by atoms with Crippen LogP contribution in [0.2, 0.25) is 0 Å². The van der Waals surface area contributed by atoms with Gasteiger partial charge in [-0.3, -0.25) is 9.59 Å². The highest BCUT2D eigenvalue weighted by Gasteiger charge is 2.32. The van der Waals surface area contributed by atoms with Crippen LogP contribution in [0.5, 0.6) is 0 Å². The van der Waals surface area contributed by atoms with Crippen molar-refractivity contribution < 1.29 is 14.3 Å². The van der Waals surface area contributed by atoms with Crippen LogP contribution in [0, 0.1) is 0 Å². The molecule has 1 aromatic heterocycles. The van der Waals surface area contributed by atoms with Crippen molar-refractivity contribution in [3.05, 3.63) is 102 Å². The van der Waals surface area contributed by atoms with Crippen LogP contribution in [0.1, 0.15) is 27.4 Å². The van der Waals surface area contributed by atoms with Gasteiger partial charge in [0.05, 0.1) is 23.9 Å². The number of fused-ring (bicyclic) bond motifs is 1. The zero-order valence-corrected chi connectivity index (χ0v) is 16.4. The van der Waals surface area contributed by atoms with Crippen molar-refractivity contribution in [3.8, 4) is 11.3 Å². The molecule has 2 N–H and O–H groups in total. The molecule has 0 aliphatic heterocycles. The minimum atomic E-state index is -0.856. The van der Waals surface area contributed by atoms with Crippen molar-refractivity contribution in [2.24, 2.45) is 5.73 Å². The first-order valence-electron chi connectivity index (χ1n) is 9.52. The lowest BCUT2D eigenvalue weighted by atomic mass is 9.83. The molecular weight excluding hydrogens is 376 g/mol. The average Bonchev–Trinajstić information content (AvgIpc) is 2.79. The number of rotatable bonds is 5. The zero-order valence-electron chi connectivity index (χ0n) is 16.4. The third-order valence-electron chi connectivity index (χ3n) is 5.08. The molecule has 30 heavy (non-hydrogen) atoms. The van der Waals surface area contributed by atoms with Crippen LogP contribution in [-0.4, -0.2) is 24.0 Å². The Morgan fingerprint density at radius 2 is 1.47 bits per heavy atom. The Morgan fingerprint density at radius 3 is 2.10 bits per heavy atom. The topological polar surface area (TPSA) is 82.3 Å². The quantitative estimate of drug-likeness (QED) is 0.510. The lowest BCUT2D eigenvalue weighted by Gasteiger charge is -2.22. The number of nitrogens with zero attached hydrogens (tertiary/aromatic N) is 1. The molecule has 3 aromatic carbocycles. The Labute approximate surface area is 174 Å². The molecular formula is C25H20N2O3. The fourth-order valence-electron chi connectivity index (χ4n) is 3.77. The molecule has 4 rings (SSSR count). The Bertz CT molecular complexity index is 1220. The van der Waals surface area contributed by atoms with Crippen LogP contribution in [-0.2, 0) is 9.53 Å². The fourth-order valence-corrected chi connectivity index (χ4v) is 3.77. The van der Waals surface area contributed by atoms with Crippen molar-refractivity contribution in [1.82, 2.24) is 4.98 Å². The van der Waals surface area contributed by atoms with Crippen LogP contribution in [0.25, 0.3) is 22.2 Å². The van der Waals surface area contributed by atoms with E-state index in [2.05, 4.69) is 0 Å². The molecule has 0 saturated carbocycles. The number of methoxy groups -OCH3 is 1. The van der Waals surface area contributed by atoms with Gasteiger partial charge in [-0.15, -0.1) is 0 Å². The Morgan fingerprint density at radius 1 is 0.867 bits per heavy atom. The smallest absolute Gasteiger partial charge is 0.317 e. The molecule has 0 spiro atoms. The number of hydrogen-bond donors (Lipinski definition) is 1. The number of para-hydroxylation sites is 1. The van der Waals surface area contributed by atoms with E-state index in [-0.39, 0.29) is 5.56 Å². The van der Waals surface area contributed by atoms with E-state index in [1.54, 1.807) is 6.07 Å². The third kappa shape index (κ3) is 3.42. The summed E-state index contributed by atoms with van der Waals surface area (Å²) in [6.45, 7) is 0. The van der Waals surface area contributed by atoms with Crippen LogP contribution in [0.4, 0.5) is 0 Å². The molecule has 1 heterocycles. The first kappa shape index (κ1) is 19.3. The van der Waals surface area contributed by atoms with Gasteiger partial charge in [0, 0.05) is 16.5 Å². The molecule has 148 valence electrons. The van der Waals surface area contributed by atoms with Crippen molar-refractivity contribution in [3.63, 3.8) is 0 Å². The number of hydrogen-bond acceptors (Lipinski definition) is 4. The van der Waals surface area contributed by atoms with Gasteiger partial charge in [0.2, 0.25) is 5.91 Å². The summed E-state index contributed by atoms with van der Waals surface area (Å²) in [4.78, 5) is 30.5. The predicted octanol–water partition coefficient (Wildman–Crippen LogP) is 4.31. The number of nitrogens with two attached hydrogens (primary N) is 1. The summed E-state index contributed by atoms with van der Waals surface area (Å²) in [6, 6.07) is 25.9. The molecule has 0 aliphatic rings. The minimum absolute atomic E-state index is 0.277. The normalized spacial score (nSPS) is 11.8. The SMILES string of the molecule is COC(=O)C(c1ccccc1)c1c(-c2ccccc2)nc2ccccc2c1C(N)=O. The van der Waals surface area contributed by atoms with Crippen LogP contribution < -0.4 is 5.73 Å². The second-order valence-corrected chi connectivity index (χ2v) is 6.86. The van der Waals surface area contributed by atoms with Gasteiger partial charge < -0.3 is 10.5 Å². The van der Waals surface area contributed by atoms with E-state index in [1.165, 1.54) is 7.11 Å². The Hall–Kier alpha value is -3.99. The van der Waals surface area contributed by atoms with Crippen molar-refractivity contribution in [1.29, 1.82) is 0 Å². The number of carbonyl (C=O) groups is 2. The molecule has 0 aliphatic carbocycles. The molecule has 1 atom stereocenters. The molecule has 0 radical (unpaired) electrons. The summed E-state index contributed by atoms with van der Waals surface area (Å²) < 4.78 is 5.14. The van der Waals surface area contributed by atoms with Gasteiger partial charge in [-0.1, -0.05) is 78.9 Å². The highest BCUT2D eigenvalue weighted by molar-refractivity contribution is 6.10. The van der Waals surface area contributed by atoms with Crippen LogP contribution in [0.3, 0.4) is 0 Å². The standard InChI is InChI=1S/C25H20N2O3/c1-30-25(29)20(16-10-4-2-5-11-16)22-21(24(26)28)18-14-8-9-15-19(18)27-23(22)17-12-6-3-7-13-17/h2-15,20H,1H3,(H2,26,28). The van der Waals surface area contributed by atoms with Crippen LogP contribution in [0.15, 0.2) is 84.9 Å². The number of pyridine rings is 1. The maximum absolute atomic E-state index is 13.0. The monoisotopic (exact) mass is 396 g/mol. The van der Waals surface area contributed by atoms with E-state index in [4.69, 9.17) is 15.5 Å². The van der Waals surface area contributed by atoms with Crippen molar-refractivity contribution >= 4 is 22.8 Å². The lowest BCUT2D eigenvalue weighted by molar-refractivity contribution is -0.141. The predicted molar refractivity (Wildman–Crippen MR) is 116 cm³/mol. The number of aromatic nitrogens is 1. The van der Waals surface area contributed by atoms with E-state index < -0.39 is 17.8 Å². The van der Waals surface area contributed by atoms with Gasteiger partial charge >= 0.3 is 5.97 Å². The van der Waals surface area contributed by atoms with E-state index in [0.29, 0.717) is 27.7 Å². The van der Waals surface area contributed by atoms with E-state index in [0.717, 1.165) is 5.56 Å². The highest BCUT2D eigenvalue weighted by atomic mass is 16.5. The molecule has 1 unspecified atom stereocenters. The summed E-state index contributed by atoms with van der Waals surface area (Å²) >= 11 is 0. The van der Waals surface area contributed by atoms with Gasteiger partial charge in [-0.25, -0.2) is 4.98 Å². The zero-order chi connectivity index (χ0) is 21.1. The maximum atomic E-state index is 13.0.